The van der Waals surface area contributed by atoms with Crippen LogP contribution in [0.4, 0.5) is 0 Å². The van der Waals surface area contributed by atoms with E-state index in [0.717, 1.165) is 19.3 Å². The zero-order valence-corrected chi connectivity index (χ0v) is 10.3. The summed E-state index contributed by atoms with van der Waals surface area (Å²) in [5.74, 6) is -1.35. The minimum absolute atomic E-state index is 0.114. The van der Waals surface area contributed by atoms with E-state index in [2.05, 4.69) is 5.32 Å². The number of carboxylic acids is 1. The third-order valence-electron chi connectivity index (χ3n) is 3.11. The molecule has 98 valence electrons. The molecule has 5 nitrogen and oxygen atoms in total. The Balaban J connectivity index is 2.36. The van der Waals surface area contributed by atoms with Crippen molar-refractivity contribution in [1.29, 1.82) is 0 Å². The number of nitrogens with one attached hydrogen (secondary N) is 1. The van der Waals surface area contributed by atoms with Crippen molar-refractivity contribution in [3.63, 3.8) is 0 Å². The molecule has 0 heterocycles. The van der Waals surface area contributed by atoms with Crippen molar-refractivity contribution in [2.75, 3.05) is 13.2 Å². The van der Waals surface area contributed by atoms with Crippen LogP contribution in [0.15, 0.2) is 0 Å². The summed E-state index contributed by atoms with van der Waals surface area (Å²) in [6, 6.07) is -0.213. The van der Waals surface area contributed by atoms with Gasteiger partial charge in [0.25, 0.3) is 0 Å². The van der Waals surface area contributed by atoms with Gasteiger partial charge < -0.3 is 15.2 Å². The van der Waals surface area contributed by atoms with Crippen molar-refractivity contribution >= 4 is 11.9 Å². The molecule has 0 aliphatic heterocycles. The third-order valence-corrected chi connectivity index (χ3v) is 3.11. The smallest absolute Gasteiger partial charge is 0.308 e. The molecule has 2 unspecified atom stereocenters. The van der Waals surface area contributed by atoms with Crippen molar-refractivity contribution in [3.05, 3.63) is 0 Å². The van der Waals surface area contributed by atoms with Crippen molar-refractivity contribution in [2.45, 2.75) is 45.1 Å². The van der Waals surface area contributed by atoms with Gasteiger partial charge in [-0.15, -0.1) is 0 Å². The molecule has 1 fully saturated rings. The largest absolute Gasteiger partial charge is 0.481 e. The van der Waals surface area contributed by atoms with Crippen LogP contribution in [0.1, 0.15) is 39.0 Å². The van der Waals surface area contributed by atoms with Crippen LogP contribution in [0, 0.1) is 5.92 Å². The number of aliphatic carboxylic acids is 1. The Hall–Kier alpha value is -1.10. The average Bonchev–Trinajstić information content (AvgIpc) is 2.29. The van der Waals surface area contributed by atoms with Crippen molar-refractivity contribution in [2.24, 2.45) is 5.92 Å². The third kappa shape index (κ3) is 4.73. The first kappa shape index (κ1) is 14.0. The number of hydrogen-bond donors (Lipinski definition) is 2. The fraction of sp³-hybridized carbons (Fsp3) is 0.833. The molecule has 2 N–H and O–H groups in total. The summed E-state index contributed by atoms with van der Waals surface area (Å²) in [6.07, 6.45) is 3.64. The zero-order chi connectivity index (χ0) is 12.7. The minimum Gasteiger partial charge on any atom is -0.481 e. The van der Waals surface area contributed by atoms with Gasteiger partial charge in [-0.25, -0.2) is 0 Å². The van der Waals surface area contributed by atoms with Gasteiger partial charge >= 0.3 is 5.97 Å². The first-order valence-corrected chi connectivity index (χ1v) is 6.25. The van der Waals surface area contributed by atoms with Gasteiger partial charge in [-0.05, 0) is 19.8 Å². The second-order valence-electron chi connectivity index (χ2n) is 4.35. The van der Waals surface area contributed by atoms with Crippen molar-refractivity contribution < 1.29 is 19.4 Å². The maximum absolute atomic E-state index is 11.6. The summed E-state index contributed by atoms with van der Waals surface area (Å²) in [5.41, 5.74) is 0. The number of carbonyl (C=O) groups excluding carboxylic acids is 1. The molecular weight excluding hydrogens is 222 g/mol. The van der Waals surface area contributed by atoms with E-state index in [4.69, 9.17) is 9.84 Å². The normalized spacial score (nSPS) is 24.3. The molecule has 17 heavy (non-hydrogen) atoms. The Morgan fingerprint density at radius 1 is 1.35 bits per heavy atom. The molecule has 1 amide bonds. The summed E-state index contributed by atoms with van der Waals surface area (Å²) < 4.78 is 5.09. The number of rotatable bonds is 6. The molecule has 0 aromatic heterocycles. The summed E-state index contributed by atoms with van der Waals surface area (Å²) in [7, 11) is 0. The summed E-state index contributed by atoms with van der Waals surface area (Å²) in [5, 5.41) is 11.9. The molecule has 1 aliphatic carbocycles. The Labute approximate surface area is 102 Å². The lowest BCUT2D eigenvalue weighted by Gasteiger charge is -2.29. The zero-order valence-electron chi connectivity index (χ0n) is 10.3. The van der Waals surface area contributed by atoms with E-state index in [1.807, 2.05) is 6.92 Å². The highest BCUT2D eigenvalue weighted by atomic mass is 16.5. The molecule has 1 aliphatic rings. The van der Waals surface area contributed by atoms with E-state index in [1.165, 1.54) is 0 Å². The van der Waals surface area contributed by atoms with Gasteiger partial charge in [-0.3, -0.25) is 9.59 Å². The van der Waals surface area contributed by atoms with E-state index in [-0.39, 0.29) is 11.9 Å². The van der Waals surface area contributed by atoms with Crippen LogP contribution in [0.3, 0.4) is 0 Å². The highest BCUT2D eigenvalue weighted by Gasteiger charge is 2.31. The molecular formula is C12H21NO4. The molecule has 2 atom stereocenters. The predicted octanol–water partition coefficient (Wildman–Crippen LogP) is 1.17. The van der Waals surface area contributed by atoms with E-state index >= 15 is 0 Å². The molecule has 1 rings (SSSR count). The maximum Gasteiger partial charge on any atom is 0.308 e. The van der Waals surface area contributed by atoms with E-state index in [0.29, 0.717) is 26.1 Å². The molecule has 0 radical (unpaired) electrons. The summed E-state index contributed by atoms with van der Waals surface area (Å²) in [6.45, 7) is 2.86. The maximum atomic E-state index is 11.6. The first-order valence-electron chi connectivity index (χ1n) is 6.25. The Morgan fingerprint density at radius 2 is 2.06 bits per heavy atom. The lowest BCUT2D eigenvalue weighted by atomic mass is 9.84. The number of carbonyl (C=O) groups is 2. The fourth-order valence-electron chi connectivity index (χ4n) is 2.19. The van der Waals surface area contributed by atoms with Gasteiger partial charge in [-0.1, -0.05) is 12.8 Å². The average molecular weight is 243 g/mol. The monoisotopic (exact) mass is 243 g/mol. The molecule has 0 aromatic rings. The Kier molecular flexibility index (Phi) is 5.97. The lowest BCUT2D eigenvalue weighted by Crippen LogP contribution is -2.45. The van der Waals surface area contributed by atoms with Gasteiger partial charge in [0.05, 0.1) is 12.5 Å². The van der Waals surface area contributed by atoms with Crippen LogP contribution in [0.5, 0.6) is 0 Å². The first-order chi connectivity index (χ1) is 8.15. The quantitative estimate of drug-likeness (QED) is 0.687. The second-order valence-corrected chi connectivity index (χ2v) is 4.35. The van der Waals surface area contributed by atoms with Gasteiger partial charge in [0.1, 0.15) is 0 Å². The minimum atomic E-state index is -0.806. The Morgan fingerprint density at radius 3 is 2.71 bits per heavy atom. The molecule has 0 bridgehead atoms. The molecule has 0 aromatic carbocycles. The lowest BCUT2D eigenvalue weighted by molar-refractivity contribution is -0.144. The van der Waals surface area contributed by atoms with Crippen LogP contribution < -0.4 is 5.32 Å². The van der Waals surface area contributed by atoms with Crippen LogP contribution in [0.2, 0.25) is 0 Å². The van der Waals surface area contributed by atoms with Crippen LogP contribution in [-0.2, 0) is 14.3 Å². The van der Waals surface area contributed by atoms with E-state index < -0.39 is 11.9 Å². The highest BCUT2D eigenvalue weighted by Crippen LogP contribution is 2.24. The van der Waals surface area contributed by atoms with E-state index in [1.54, 1.807) is 0 Å². The van der Waals surface area contributed by atoms with Crippen LogP contribution in [-0.4, -0.2) is 36.2 Å². The predicted molar refractivity (Wildman–Crippen MR) is 62.6 cm³/mol. The summed E-state index contributed by atoms with van der Waals surface area (Å²) >= 11 is 0. The number of ether oxygens (including phenoxy) is 1. The second kappa shape index (κ2) is 7.27. The van der Waals surface area contributed by atoms with Crippen LogP contribution in [0.25, 0.3) is 0 Å². The topological polar surface area (TPSA) is 75.6 Å². The molecule has 5 heteroatoms. The molecule has 1 saturated carbocycles. The number of amides is 1. The van der Waals surface area contributed by atoms with Gasteiger partial charge in [0.15, 0.2) is 0 Å². The highest BCUT2D eigenvalue weighted by molar-refractivity contribution is 5.78. The van der Waals surface area contributed by atoms with Crippen LogP contribution >= 0.6 is 0 Å². The fourth-order valence-corrected chi connectivity index (χ4v) is 2.19. The number of hydrogen-bond acceptors (Lipinski definition) is 3. The standard InChI is InChI=1S/C12H21NO4/c1-2-17-8-7-11(14)13-10-6-4-3-5-9(10)12(15)16/h9-10H,2-8H2,1H3,(H,13,14)(H,15,16). The SMILES string of the molecule is CCOCCC(=O)NC1CCCCC1C(=O)O. The molecule has 0 saturated heterocycles. The van der Waals surface area contributed by atoms with Crippen molar-refractivity contribution in [3.8, 4) is 0 Å². The van der Waals surface area contributed by atoms with Gasteiger partial charge in [0.2, 0.25) is 5.91 Å². The Bertz CT molecular complexity index is 267. The summed E-state index contributed by atoms with van der Waals surface area (Å²) in [4.78, 5) is 22.6. The number of carboxylic acid groups (broad SMARTS) is 1. The van der Waals surface area contributed by atoms with Gasteiger partial charge in [-0.2, -0.15) is 0 Å². The molecule has 0 spiro atoms. The van der Waals surface area contributed by atoms with Gasteiger partial charge in [0, 0.05) is 19.1 Å². The van der Waals surface area contributed by atoms with Crippen molar-refractivity contribution in [1.82, 2.24) is 5.32 Å². The van der Waals surface area contributed by atoms with E-state index in [9.17, 15) is 9.59 Å².